The number of imidazole rings is 1. The number of aliphatic carboxylic acids is 1. The van der Waals surface area contributed by atoms with Crippen LogP contribution in [0.2, 0.25) is 0 Å². The van der Waals surface area contributed by atoms with Gasteiger partial charge in [-0.15, -0.1) is 0 Å². The number of rotatable bonds is 15. The van der Waals surface area contributed by atoms with Crippen molar-refractivity contribution in [2.24, 2.45) is 17.4 Å². The summed E-state index contributed by atoms with van der Waals surface area (Å²) in [7, 11) is 0. The molecule has 4 unspecified atom stereocenters. The zero-order chi connectivity index (χ0) is 28.2. The van der Waals surface area contributed by atoms with Crippen LogP contribution in [0.3, 0.4) is 0 Å². The zero-order valence-electron chi connectivity index (χ0n) is 21.3. The molecule has 0 fully saturated rings. The number of hydrogen-bond donors (Lipinski definition) is 7. The number of nitrogens with zero attached hydrogens (tertiary/aromatic N) is 1. The van der Waals surface area contributed by atoms with Crippen molar-refractivity contribution in [2.45, 2.75) is 63.7 Å². The van der Waals surface area contributed by atoms with Crippen molar-refractivity contribution in [3.8, 4) is 0 Å². The second-order valence-corrected chi connectivity index (χ2v) is 9.40. The molecule has 4 amide bonds. The third kappa shape index (κ3) is 10.0. The maximum Gasteiger partial charge on any atom is 0.326 e. The fraction of sp³-hybridized carbons (Fsp3) is 0.440. The number of aromatic nitrogens is 2. The first-order valence-electron chi connectivity index (χ1n) is 12.1. The van der Waals surface area contributed by atoms with E-state index in [1.807, 2.05) is 30.3 Å². The standard InChI is InChI=1S/C25H35N7O6/c1-14(2)8-20(25(37)38)32-24(36)19(11-21(27)33)31-23(35)18(10-16-12-28-13-29-16)30-22(34)17(26)9-15-6-4-3-5-7-15/h3-7,12-14,17-20H,8-11,26H2,1-2H3,(H2,27,33)(H,28,29)(H,30,34)(H,31,35)(H,32,36)(H,37,38). The summed E-state index contributed by atoms with van der Waals surface area (Å²) in [5.74, 6) is -4.48. The monoisotopic (exact) mass is 529 g/mol. The number of benzene rings is 1. The average Bonchev–Trinajstić information content (AvgIpc) is 3.35. The number of H-pyrrole nitrogens is 1. The van der Waals surface area contributed by atoms with E-state index in [2.05, 4.69) is 25.9 Å². The Kier molecular flexibility index (Phi) is 11.4. The lowest BCUT2D eigenvalue weighted by Crippen LogP contribution is -2.58. The minimum atomic E-state index is -1.46. The molecule has 13 heteroatoms. The molecule has 9 N–H and O–H groups in total. The Morgan fingerprint density at radius 1 is 0.921 bits per heavy atom. The van der Waals surface area contributed by atoms with E-state index in [1.165, 1.54) is 12.5 Å². The minimum absolute atomic E-state index is 0.0222. The molecule has 0 saturated heterocycles. The number of primary amides is 1. The summed E-state index contributed by atoms with van der Waals surface area (Å²) in [4.78, 5) is 68.9. The van der Waals surface area contributed by atoms with E-state index in [9.17, 15) is 29.1 Å². The van der Waals surface area contributed by atoms with Crippen molar-refractivity contribution in [1.82, 2.24) is 25.9 Å². The van der Waals surface area contributed by atoms with Crippen LogP contribution in [0.1, 0.15) is 37.9 Å². The number of hydrogen-bond acceptors (Lipinski definition) is 7. The molecule has 0 aliphatic carbocycles. The Morgan fingerprint density at radius 2 is 1.53 bits per heavy atom. The van der Waals surface area contributed by atoms with Crippen LogP contribution in [-0.4, -0.2) is 68.8 Å². The second-order valence-electron chi connectivity index (χ2n) is 9.40. The summed E-state index contributed by atoms with van der Waals surface area (Å²) >= 11 is 0. The fourth-order valence-electron chi connectivity index (χ4n) is 3.71. The van der Waals surface area contributed by atoms with Gasteiger partial charge in [0.1, 0.15) is 18.1 Å². The molecule has 13 nitrogen and oxygen atoms in total. The maximum atomic E-state index is 13.2. The van der Waals surface area contributed by atoms with Crippen LogP contribution in [0.25, 0.3) is 0 Å². The Labute approximate surface area is 220 Å². The van der Waals surface area contributed by atoms with Gasteiger partial charge in [0.05, 0.1) is 18.8 Å². The van der Waals surface area contributed by atoms with Gasteiger partial charge in [-0.05, 0) is 24.3 Å². The molecule has 0 bridgehead atoms. The number of carbonyl (C=O) groups is 5. The van der Waals surface area contributed by atoms with E-state index in [0.29, 0.717) is 5.69 Å². The summed E-state index contributed by atoms with van der Waals surface area (Å²) in [6.07, 6.45) is 2.63. The molecule has 1 heterocycles. The molecule has 1 aromatic heterocycles. The van der Waals surface area contributed by atoms with Gasteiger partial charge >= 0.3 is 5.97 Å². The number of aromatic amines is 1. The van der Waals surface area contributed by atoms with Gasteiger partial charge < -0.3 is 37.5 Å². The molecule has 1 aromatic carbocycles. The highest BCUT2D eigenvalue weighted by atomic mass is 16.4. The molecule has 0 spiro atoms. The summed E-state index contributed by atoms with van der Waals surface area (Å²) in [5, 5.41) is 16.8. The Balaban J connectivity index is 2.18. The van der Waals surface area contributed by atoms with Gasteiger partial charge in [0.25, 0.3) is 0 Å². The number of nitrogens with one attached hydrogen (secondary N) is 4. The van der Waals surface area contributed by atoms with Crippen molar-refractivity contribution in [1.29, 1.82) is 0 Å². The Hall–Kier alpha value is -4.26. The van der Waals surface area contributed by atoms with Gasteiger partial charge in [0.15, 0.2) is 0 Å². The van der Waals surface area contributed by atoms with Crippen LogP contribution in [0.5, 0.6) is 0 Å². The van der Waals surface area contributed by atoms with Crippen LogP contribution >= 0.6 is 0 Å². The summed E-state index contributed by atoms with van der Waals surface area (Å²) in [5.41, 5.74) is 12.7. The third-order valence-electron chi connectivity index (χ3n) is 5.61. The van der Waals surface area contributed by atoms with Crippen LogP contribution in [-0.2, 0) is 36.8 Å². The largest absolute Gasteiger partial charge is 0.480 e. The van der Waals surface area contributed by atoms with E-state index >= 15 is 0 Å². The topological polar surface area (TPSA) is 222 Å². The molecule has 0 aliphatic heterocycles. The maximum absolute atomic E-state index is 13.2. The Bertz CT molecular complexity index is 1090. The molecule has 0 saturated carbocycles. The summed E-state index contributed by atoms with van der Waals surface area (Å²) < 4.78 is 0. The van der Waals surface area contributed by atoms with Crippen molar-refractivity contribution >= 4 is 29.6 Å². The van der Waals surface area contributed by atoms with E-state index in [0.717, 1.165) is 5.56 Å². The molecular formula is C25H35N7O6. The fourth-order valence-corrected chi connectivity index (χ4v) is 3.71. The average molecular weight is 530 g/mol. The van der Waals surface area contributed by atoms with Crippen molar-refractivity contribution in [3.05, 3.63) is 54.1 Å². The SMILES string of the molecule is CC(C)CC(NC(=O)C(CC(N)=O)NC(=O)C(Cc1cnc[nH]1)NC(=O)C(N)Cc1ccccc1)C(=O)O. The predicted octanol–water partition coefficient (Wildman–Crippen LogP) is -1.02. The van der Waals surface area contributed by atoms with Crippen LogP contribution in [0, 0.1) is 5.92 Å². The van der Waals surface area contributed by atoms with E-state index in [1.54, 1.807) is 13.8 Å². The first-order chi connectivity index (χ1) is 18.0. The molecule has 0 aliphatic rings. The minimum Gasteiger partial charge on any atom is -0.480 e. The van der Waals surface area contributed by atoms with Gasteiger partial charge in [-0.1, -0.05) is 44.2 Å². The van der Waals surface area contributed by atoms with Crippen molar-refractivity contribution < 1.29 is 29.1 Å². The van der Waals surface area contributed by atoms with Crippen LogP contribution in [0.4, 0.5) is 0 Å². The predicted molar refractivity (Wildman–Crippen MR) is 137 cm³/mol. The van der Waals surface area contributed by atoms with Gasteiger partial charge in [-0.2, -0.15) is 0 Å². The summed E-state index contributed by atoms with van der Waals surface area (Å²) in [6.45, 7) is 3.58. The first-order valence-corrected chi connectivity index (χ1v) is 12.1. The molecule has 2 aromatic rings. The normalized spacial score (nSPS) is 14.1. The zero-order valence-corrected chi connectivity index (χ0v) is 21.3. The van der Waals surface area contributed by atoms with Gasteiger partial charge in [-0.3, -0.25) is 19.2 Å². The van der Waals surface area contributed by atoms with Crippen molar-refractivity contribution in [2.75, 3.05) is 0 Å². The van der Waals surface area contributed by atoms with E-state index in [4.69, 9.17) is 11.5 Å². The molecular weight excluding hydrogens is 494 g/mol. The van der Waals surface area contributed by atoms with E-state index < -0.39 is 60.2 Å². The summed E-state index contributed by atoms with van der Waals surface area (Å²) in [6, 6.07) is 4.24. The molecule has 2 rings (SSSR count). The highest BCUT2D eigenvalue weighted by Gasteiger charge is 2.31. The van der Waals surface area contributed by atoms with Gasteiger partial charge in [-0.25, -0.2) is 9.78 Å². The lowest BCUT2D eigenvalue weighted by molar-refractivity contribution is -0.143. The lowest BCUT2D eigenvalue weighted by atomic mass is 10.0. The first kappa shape index (κ1) is 30.0. The smallest absolute Gasteiger partial charge is 0.326 e. The van der Waals surface area contributed by atoms with Crippen LogP contribution in [0.15, 0.2) is 42.9 Å². The highest BCUT2D eigenvalue weighted by molar-refractivity contribution is 5.96. The Morgan fingerprint density at radius 3 is 2.08 bits per heavy atom. The number of nitrogens with two attached hydrogens (primary N) is 2. The number of amides is 4. The third-order valence-corrected chi connectivity index (χ3v) is 5.61. The second kappa shape index (κ2) is 14.5. The van der Waals surface area contributed by atoms with Crippen molar-refractivity contribution in [3.63, 3.8) is 0 Å². The van der Waals surface area contributed by atoms with Gasteiger partial charge in [0.2, 0.25) is 23.6 Å². The number of carboxylic acids is 1. The number of carbonyl (C=O) groups excluding carboxylic acids is 4. The molecule has 38 heavy (non-hydrogen) atoms. The van der Waals surface area contributed by atoms with E-state index in [-0.39, 0.29) is 25.2 Å². The highest BCUT2D eigenvalue weighted by Crippen LogP contribution is 2.08. The van der Waals surface area contributed by atoms with Gasteiger partial charge in [0, 0.05) is 18.3 Å². The lowest BCUT2D eigenvalue weighted by Gasteiger charge is -2.25. The number of carboxylic acid groups (broad SMARTS) is 1. The molecule has 0 radical (unpaired) electrons. The molecule has 4 atom stereocenters. The molecule has 206 valence electrons. The van der Waals surface area contributed by atoms with Crippen LogP contribution < -0.4 is 27.4 Å². The quantitative estimate of drug-likeness (QED) is 0.151.